The average Bonchev–Trinajstić information content (AvgIpc) is 3.18. The summed E-state index contributed by atoms with van der Waals surface area (Å²) >= 11 is 0. The van der Waals surface area contributed by atoms with Gasteiger partial charge in [0.2, 0.25) is 5.91 Å². The number of carboxylic acid groups (broad SMARTS) is 1. The van der Waals surface area contributed by atoms with Gasteiger partial charge in [0.1, 0.15) is 12.6 Å². The normalized spacial score (nSPS) is 18.5. The molecular formula is C27H33N3O5. The van der Waals surface area contributed by atoms with E-state index in [-0.39, 0.29) is 31.5 Å². The molecule has 0 radical (unpaired) electrons. The Kier molecular flexibility index (Phi) is 7.70. The lowest BCUT2D eigenvalue weighted by Gasteiger charge is -2.38. The van der Waals surface area contributed by atoms with E-state index in [9.17, 15) is 19.5 Å². The number of nitrogens with one attached hydrogen (secondary N) is 1. The molecule has 2 unspecified atom stereocenters. The number of amides is 2. The van der Waals surface area contributed by atoms with Crippen LogP contribution in [0, 0.1) is 5.92 Å². The lowest BCUT2D eigenvalue weighted by molar-refractivity contribution is -0.148. The van der Waals surface area contributed by atoms with Gasteiger partial charge in [-0.15, -0.1) is 0 Å². The van der Waals surface area contributed by atoms with Crippen molar-refractivity contribution in [1.29, 1.82) is 0 Å². The van der Waals surface area contributed by atoms with E-state index in [0.717, 1.165) is 28.7 Å². The summed E-state index contributed by atoms with van der Waals surface area (Å²) in [6.45, 7) is 3.48. The molecular weight excluding hydrogens is 446 g/mol. The van der Waals surface area contributed by atoms with E-state index in [0.29, 0.717) is 19.5 Å². The van der Waals surface area contributed by atoms with Gasteiger partial charge in [-0.2, -0.15) is 0 Å². The number of hydrogen-bond acceptors (Lipinski definition) is 5. The summed E-state index contributed by atoms with van der Waals surface area (Å²) in [6, 6.07) is 15.6. The van der Waals surface area contributed by atoms with Crippen molar-refractivity contribution >= 4 is 18.0 Å². The highest BCUT2D eigenvalue weighted by atomic mass is 16.5. The van der Waals surface area contributed by atoms with Crippen LogP contribution < -0.4 is 5.32 Å². The second-order valence-corrected chi connectivity index (χ2v) is 9.31. The molecule has 0 saturated carbocycles. The third-order valence-electron chi connectivity index (χ3n) is 7.07. The lowest BCUT2D eigenvalue weighted by Crippen LogP contribution is -2.57. The van der Waals surface area contributed by atoms with E-state index in [4.69, 9.17) is 4.74 Å². The number of rotatable bonds is 8. The van der Waals surface area contributed by atoms with Gasteiger partial charge in [-0.05, 0) is 35.7 Å². The Morgan fingerprint density at radius 3 is 2.29 bits per heavy atom. The molecule has 1 saturated heterocycles. The van der Waals surface area contributed by atoms with Crippen LogP contribution in [0.1, 0.15) is 36.8 Å². The maximum atomic E-state index is 13.1. The summed E-state index contributed by atoms with van der Waals surface area (Å²) in [5.41, 5.74) is 4.61. The fourth-order valence-electron chi connectivity index (χ4n) is 5.12. The highest BCUT2D eigenvalue weighted by molar-refractivity contribution is 5.82. The van der Waals surface area contributed by atoms with Crippen LogP contribution in [-0.4, -0.2) is 78.8 Å². The van der Waals surface area contributed by atoms with Gasteiger partial charge in [0.05, 0.1) is 5.92 Å². The largest absolute Gasteiger partial charge is 0.480 e. The molecule has 186 valence electrons. The SMILES string of the molecule is CCCC(CNC(=O)OCC1c2ccccc2-c2ccccc21)C(=O)N1CCN(C)C(C(=O)O)C1. The van der Waals surface area contributed by atoms with Crippen molar-refractivity contribution in [2.45, 2.75) is 31.7 Å². The predicted octanol–water partition coefficient (Wildman–Crippen LogP) is 3.17. The van der Waals surface area contributed by atoms with Crippen molar-refractivity contribution in [2.75, 3.05) is 39.8 Å². The zero-order valence-electron chi connectivity index (χ0n) is 20.3. The molecule has 0 spiro atoms. The number of carbonyl (C=O) groups is 3. The minimum absolute atomic E-state index is 0.0282. The second kappa shape index (κ2) is 10.9. The molecule has 2 N–H and O–H groups in total. The minimum atomic E-state index is -0.936. The van der Waals surface area contributed by atoms with Crippen molar-refractivity contribution in [3.05, 3.63) is 59.7 Å². The maximum Gasteiger partial charge on any atom is 0.407 e. The number of nitrogens with zero attached hydrogens (tertiary/aromatic N) is 2. The first kappa shape index (κ1) is 24.7. The van der Waals surface area contributed by atoms with Crippen LogP contribution >= 0.6 is 0 Å². The number of piperazine rings is 1. The number of aliphatic carboxylic acids is 1. The molecule has 1 aliphatic carbocycles. The first-order valence-electron chi connectivity index (χ1n) is 12.2. The smallest absolute Gasteiger partial charge is 0.407 e. The molecule has 35 heavy (non-hydrogen) atoms. The number of ether oxygens (including phenoxy) is 1. The van der Waals surface area contributed by atoms with Gasteiger partial charge in [0.15, 0.2) is 0 Å². The van der Waals surface area contributed by atoms with Gasteiger partial charge >= 0.3 is 12.1 Å². The van der Waals surface area contributed by atoms with Crippen LogP contribution in [0.4, 0.5) is 4.79 Å². The van der Waals surface area contributed by atoms with Crippen LogP contribution in [0.2, 0.25) is 0 Å². The number of likely N-dealkylation sites (N-methyl/N-ethyl adjacent to an activating group) is 1. The van der Waals surface area contributed by atoms with Crippen LogP contribution in [-0.2, 0) is 14.3 Å². The van der Waals surface area contributed by atoms with Crippen LogP contribution in [0.15, 0.2) is 48.5 Å². The minimum Gasteiger partial charge on any atom is -0.480 e. The molecule has 2 aromatic rings. The zero-order chi connectivity index (χ0) is 24.9. The molecule has 2 atom stereocenters. The van der Waals surface area contributed by atoms with Crippen molar-refractivity contribution in [2.24, 2.45) is 5.92 Å². The number of alkyl carbamates (subject to hydrolysis) is 1. The molecule has 0 aromatic heterocycles. The summed E-state index contributed by atoms with van der Waals surface area (Å²) in [5, 5.41) is 12.2. The summed E-state index contributed by atoms with van der Waals surface area (Å²) in [7, 11) is 1.75. The van der Waals surface area contributed by atoms with Crippen molar-refractivity contribution in [3.63, 3.8) is 0 Å². The number of fused-ring (bicyclic) bond motifs is 3. The van der Waals surface area contributed by atoms with E-state index in [2.05, 4.69) is 29.6 Å². The second-order valence-electron chi connectivity index (χ2n) is 9.31. The first-order valence-corrected chi connectivity index (χ1v) is 12.2. The summed E-state index contributed by atoms with van der Waals surface area (Å²) in [5.74, 6) is -1.50. The van der Waals surface area contributed by atoms with E-state index in [1.54, 1.807) is 16.8 Å². The number of hydrogen-bond donors (Lipinski definition) is 2. The van der Waals surface area contributed by atoms with Crippen LogP contribution in [0.3, 0.4) is 0 Å². The molecule has 8 nitrogen and oxygen atoms in total. The van der Waals surface area contributed by atoms with E-state index < -0.39 is 24.0 Å². The highest BCUT2D eigenvalue weighted by Crippen LogP contribution is 2.44. The Morgan fingerprint density at radius 1 is 1.06 bits per heavy atom. The van der Waals surface area contributed by atoms with Crippen molar-refractivity contribution in [1.82, 2.24) is 15.1 Å². The monoisotopic (exact) mass is 479 g/mol. The Hall–Kier alpha value is -3.39. The fraction of sp³-hybridized carbons (Fsp3) is 0.444. The molecule has 2 amide bonds. The lowest BCUT2D eigenvalue weighted by atomic mass is 9.98. The van der Waals surface area contributed by atoms with Crippen molar-refractivity contribution in [3.8, 4) is 11.1 Å². The van der Waals surface area contributed by atoms with Gasteiger partial charge in [-0.1, -0.05) is 61.9 Å². The maximum absolute atomic E-state index is 13.1. The van der Waals surface area contributed by atoms with E-state index >= 15 is 0 Å². The third kappa shape index (κ3) is 5.32. The standard InChI is InChI=1S/C27H33N3O5/c1-3-8-18(25(31)30-14-13-29(2)24(16-30)26(32)33)15-28-27(34)35-17-23-21-11-6-4-9-19(21)20-10-5-7-12-22(20)23/h4-7,9-12,18,23-24H,3,8,13-17H2,1-2H3,(H,28,34)(H,32,33). The Morgan fingerprint density at radius 2 is 1.69 bits per heavy atom. The molecule has 2 aliphatic rings. The Bertz CT molecular complexity index is 1040. The van der Waals surface area contributed by atoms with Gasteiger partial charge in [-0.25, -0.2) is 4.79 Å². The quantitative estimate of drug-likeness (QED) is 0.604. The Balaban J connectivity index is 1.34. The van der Waals surface area contributed by atoms with E-state index in [1.165, 1.54) is 0 Å². The van der Waals surface area contributed by atoms with Crippen molar-refractivity contribution < 1.29 is 24.2 Å². The topological polar surface area (TPSA) is 99.2 Å². The van der Waals surface area contributed by atoms with Crippen LogP contribution in [0.5, 0.6) is 0 Å². The molecule has 8 heteroatoms. The van der Waals surface area contributed by atoms with Gasteiger partial charge in [-0.3, -0.25) is 14.5 Å². The van der Waals surface area contributed by atoms with Gasteiger partial charge in [0.25, 0.3) is 0 Å². The average molecular weight is 480 g/mol. The first-order chi connectivity index (χ1) is 16.9. The number of carboxylic acids is 1. The summed E-state index contributed by atoms with van der Waals surface area (Å²) in [4.78, 5) is 40.6. The van der Waals surface area contributed by atoms with Gasteiger partial charge in [0, 0.05) is 32.1 Å². The Labute approximate surface area is 205 Å². The highest BCUT2D eigenvalue weighted by Gasteiger charge is 2.35. The van der Waals surface area contributed by atoms with Gasteiger partial charge < -0.3 is 20.1 Å². The molecule has 2 aromatic carbocycles. The number of benzene rings is 2. The molecule has 1 aliphatic heterocycles. The van der Waals surface area contributed by atoms with E-state index in [1.807, 2.05) is 31.2 Å². The summed E-state index contributed by atoms with van der Waals surface area (Å²) in [6.07, 6.45) is 0.827. The fourth-order valence-corrected chi connectivity index (χ4v) is 5.12. The third-order valence-corrected chi connectivity index (χ3v) is 7.07. The molecule has 1 fully saturated rings. The van der Waals surface area contributed by atoms with Crippen LogP contribution in [0.25, 0.3) is 11.1 Å². The molecule has 4 rings (SSSR count). The predicted molar refractivity (Wildman–Crippen MR) is 132 cm³/mol. The molecule has 1 heterocycles. The number of carbonyl (C=O) groups excluding carboxylic acids is 2. The zero-order valence-corrected chi connectivity index (χ0v) is 20.3. The molecule has 0 bridgehead atoms. The summed E-state index contributed by atoms with van der Waals surface area (Å²) < 4.78 is 5.60.